The van der Waals surface area contributed by atoms with Gasteiger partial charge in [-0.25, -0.2) is 4.79 Å². The zero-order valence-corrected chi connectivity index (χ0v) is 13.7. The van der Waals surface area contributed by atoms with E-state index in [0.717, 1.165) is 12.1 Å². The van der Waals surface area contributed by atoms with Crippen molar-refractivity contribution < 1.29 is 9.90 Å². The maximum atomic E-state index is 11.2. The first-order valence-electron chi connectivity index (χ1n) is 6.58. The second-order valence-corrected chi connectivity index (χ2v) is 8.05. The van der Waals surface area contributed by atoms with Crippen molar-refractivity contribution in [3.63, 3.8) is 0 Å². The van der Waals surface area contributed by atoms with Crippen LogP contribution in [0, 0.1) is 0 Å². The van der Waals surface area contributed by atoms with Crippen LogP contribution in [0.15, 0.2) is 33.9 Å². The molecule has 2 heterocycles. The molecule has 110 valence electrons. The fourth-order valence-corrected chi connectivity index (χ4v) is 5.23. The molecule has 2 N–H and O–H groups in total. The molecule has 1 aliphatic heterocycles. The summed E-state index contributed by atoms with van der Waals surface area (Å²) in [5, 5.41) is 15.5. The highest BCUT2D eigenvalue weighted by Gasteiger charge is 2.26. The predicted octanol–water partition coefficient (Wildman–Crippen LogP) is 5.14. The van der Waals surface area contributed by atoms with Crippen LogP contribution in [0.25, 0.3) is 0 Å². The van der Waals surface area contributed by atoms with Crippen LogP contribution in [0.5, 0.6) is 0 Å². The van der Waals surface area contributed by atoms with Gasteiger partial charge >= 0.3 is 5.97 Å². The first-order chi connectivity index (χ1) is 10.0. The number of carboxylic acid groups (broad SMARTS) is 1. The molecular weight excluding hydrogens is 326 g/mol. The Labute approximate surface area is 136 Å². The first-order valence-corrected chi connectivity index (χ1v) is 8.71. The number of hydrogen-bond donors (Lipinski definition) is 2. The van der Waals surface area contributed by atoms with Crippen LogP contribution in [0.3, 0.4) is 0 Å². The Hall–Kier alpha value is -1.17. The number of carboxylic acids is 1. The third kappa shape index (κ3) is 3.05. The molecule has 0 spiro atoms. The van der Waals surface area contributed by atoms with Crippen LogP contribution in [0.4, 0.5) is 5.69 Å². The number of halogens is 1. The number of thiophene rings is 1. The van der Waals surface area contributed by atoms with Crippen LogP contribution in [0.2, 0.25) is 5.02 Å². The number of anilines is 1. The lowest BCUT2D eigenvalue weighted by atomic mass is 10.0. The minimum Gasteiger partial charge on any atom is -0.478 e. The Kier molecular flexibility index (Phi) is 4.15. The quantitative estimate of drug-likeness (QED) is 0.813. The van der Waals surface area contributed by atoms with E-state index in [1.54, 1.807) is 23.5 Å². The molecule has 0 saturated carbocycles. The third-order valence-corrected chi connectivity index (χ3v) is 6.12. The zero-order chi connectivity index (χ0) is 15.0. The number of aromatic carboxylic acids is 1. The summed E-state index contributed by atoms with van der Waals surface area (Å²) >= 11 is 9.58. The van der Waals surface area contributed by atoms with Gasteiger partial charge in [0.15, 0.2) is 0 Å². The lowest BCUT2D eigenvalue weighted by Crippen LogP contribution is -2.19. The highest BCUT2D eigenvalue weighted by molar-refractivity contribution is 8.01. The molecule has 0 bridgehead atoms. The number of hydrogen-bond acceptors (Lipinski definition) is 4. The number of fused-ring (bicyclic) bond motifs is 1. The van der Waals surface area contributed by atoms with Crippen LogP contribution in [0.1, 0.15) is 35.3 Å². The summed E-state index contributed by atoms with van der Waals surface area (Å²) in [5.41, 5.74) is 2.22. The van der Waals surface area contributed by atoms with E-state index in [2.05, 4.69) is 23.7 Å². The molecule has 1 aliphatic rings. The Balaban J connectivity index is 1.88. The van der Waals surface area contributed by atoms with E-state index in [9.17, 15) is 4.79 Å². The van der Waals surface area contributed by atoms with Gasteiger partial charge in [-0.2, -0.15) is 0 Å². The molecule has 2 atom stereocenters. The predicted molar refractivity (Wildman–Crippen MR) is 89.0 cm³/mol. The Morgan fingerprint density at radius 2 is 2.24 bits per heavy atom. The first kappa shape index (κ1) is 14.8. The summed E-state index contributed by atoms with van der Waals surface area (Å²) in [6.45, 7) is 2.21. The lowest BCUT2D eigenvalue weighted by Gasteiger charge is -2.28. The van der Waals surface area contributed by atoms with E-state index >= 15 is 0 Å². The molecule has 0 amide bonds. The van der Waals surface area contributed by atoms with E-state index < -0.39 is 5.97 Å². The molecule has 0 fully saturated rings. The van der Waals surface area contributed by atoms with Gasteiger partial charge in [0.25, 0.3) is 0 Å². The van der Waals surface area contributed by atoms with Crippen LogP contribution in [-0.4, -0.2) is 16.3 Å². The molecule has 3 nitrogen and oxygen atoms in total. The molecule has 6 heteroatoms. The second kappa shape index (κ2) is 5.91. The average molecular weight is 340 g/mol. The Morgan fingerprint density at radius 1 is 1.43 bits per heavy atom. The summed E-state index contributed by atoms with van der Waals surface area (Å²) in [4.78, 5) is 11.2. The van der Waals surface area contributed by atoms with E-state index in [-0.39, 0.29) is 16.6 Å². The maximum Gasteiger partial charge on any atom is 0.337 e. The van der Waals surface area contributed by atoms with Gasteiger partial charge in [0.05, 0.1) is 20.8 Å². The van der Waals surface area contributed by atoms with E-state index in [1.165, 1.54) is 9.77 Å². The van der Waals surface area contributed by atoms with Crippen LogP contribution in [-0.2, 0) is 0 Å². The lowest BCUT2D eigenvalue weighted by molar-refractivity contribution is 0.0697. The number of thioether (sulfide) groups is 1. The van der Waals surface area contributed by atoms with Crippen molar-refractivity contribution in [2.45, 2.75) is 28.8 Å². The standard InChI is InChI=1S/C15H14ClNO2S2/c1-8-6-13(10-4-5-20-15(10)21-8)17-9-2-3-12(16)11(7-9)14(18)19/h2-5,7-8,13,17H,6H2,1H3,(H,18,19)/t8-,13?/m0/s1. The Bertz CT molecular complexity index is 686. The van der Waals surface area contributed by atoms with Gasteiger partial charge in [-0.05, 0) is 41.6 Å². The van der Waals surface area contributed by atoms with Crippen molar-refractivity contribution in [1.82, 2.24) is 0 Å². The molecule has 2 aromatic rings. The largest absolute Gasteiger partial charge is 0.478 e. The second-order valence-electron chi connectivity index (χ2n) is 5.02. The topological polar surface area (TPSA) is 49.3 Å². The summed E-state index contributed by atoms with van der Waals surface area (Å²) < 4.78 is 1.35. The van der Waals surface area contributed by atoms with Crippen LogP contribution >= 0.6 is 34.7 Å². The molecule has 1 aromatic heterocycles. The fourth-order valence-electron chi connectivity index (χ4n) is 2.47. The van der Waals surface area contributed by atoms with E-state index in [4.69, 9.17) is 16.7 Å². The van der Waals surface area contributed by atoms with Gasteiger partial charge in [-0.3, -0.25) is 0 Å². The van der Waals surface area contributed by atoms with Gasteiger partial charge in [0.2, 0.25) is 0 Å². The number of carbonyl (C=O) groups is 1. The summed E-state index contributed by atoms with van der Waals surface area (Å²) in [6, 6.07) is 7.41. The average Bonchev–Trinajstić information content (AvgIpc) is 2.88. The van der Waals surface area contributed by atoms with E-state index in [1.807, 2.05) is 17.8 Å². The fraction of sp³-hybridized carbons (Fsp3) is 0.267. The Morgan fingerprint density at radius 3 is 3.00 bits per heavy atom. The summed E-state index contributed by atoms with van der Waals surface area (Å²) in [6.07, 6.45) is 1.01. The number of nitrogens with one attached hydrogen (secondary N) is 1. The minimum absolute atomic E-state index is 0.130. The molecule has 1 aromatic carbocycles. The maximum absolute atomic E-state index is 11.2. The van der Waals surface area contributed by atoms with Crippen LogP contribution < -0.4 is 5.32 Å². The summed E-state index contributed by atoms with van der Waals surface area (Å²) in [5.74, 6) is -1.01. The van der Waals surface area contributed by atoms with Gasteiger partial charge in [0.1, 0.15) is 0 Å². The normalized spacial score (nSPS) is 20.9. The number of benzene rings is 1. The SMILES string of the molecule is C[C@H]1CC(Nc2ccc(Cl)c(C(=O)O)c2)c2ccsc2S1. The van der Waals surface area contributed by atoms with Crippen molar-refractivity contribution >= 4 is 46.4 Å². The van der Waals surface area contributed by atoms with Crippen molar-refractivity contribution in [3.05, 3.63) is 45.8 Å². The monoisotopic (exact) mass is 339 g/mol. The van der Waals surface area contributed by atoms with Crippen molar-refractivity contribution in [2.24, 2.45) is 0 Å². The molecule has 0 aliphatic carbocycles. The molecule has 1 unspecified atom stereocenters. The van der Waals surface area contributed by atoms with Crippen molar-refractivity contribution in [1.29, 1.82) is 0 Å². The number of rotatable bonds is 3. The summed E-state index contributed by atoms with van der Waals surface area (Å²) in [7, 11) is 0. The molecule has 3 rings (SSSR count). The van der Waals surface area contributed by atoms with Gasteiger partial charge in [0, 0.05) is 10.9 Å². The zero-order valence-electron chi connectivity index (χ0n) is 11.3. The molecule has 21 heavy (non-hydrogen) atoms. The van der Waals surface area contributed by atoms with Gasteiger partial charge in [-0.1, -0.05) is 18.5 Å². The van der Waals surface area contributed by atoms with E-state index in [0.29, 0.717) is 5.25 Å². The van der Waals surface area contributed by atoms with Gasteiger partial charge < -0.3 is 10.4 Å². The van der Waals surface area contributed by atoms with Crippen molar-refractivity contribution in [3.8, 4) is 0 Å². The molecular formula is C15H14ClNO2S2. The smallest absolute Gasteiger partial charge is 0.337 e. The third-order valence-electron chi connectivity index (χ3n) is 3.45. The minimum atomic E-state index is -1.01. The highest BCUT2D eigenvalue weighted by atomic mass is 35.5. The molecule has 0 radical (unpaired) electrons. The van der Waals surface area contributed by atoms with Crippen molar-refractivity contribution in [2.75, 3.05) is 5.32 Å². The molecule has 0 saturated heterocycles. The van der Waals surface area contributed by atoms with Gasteiger partial charge in [-0.15, -0.1) is 23.1 Å². The highest BCUT2D eigenvalue weighted by Crippen LogP contribution is 2.45.